The van der Waals surface area contributed by atoms with E-state index in [1.807, 2.05) is 0 Å². The molecule has 0 spiro atoms. The fraction of sp³-hybridized carbons (Fsp3) is 0.500. The Balaban J connectivity index is 2.25. The number of ether oxygens (including phenoxy) is 1. The van der Waals surface area contributed by atoms with Gasteiger partial charge in [0.15, 0.2) is 0 Å². The van der Waals surface area contributed by atoms with E-state index in [1.54, 1.807) is 0 Å². The molecule has 0 N–H and O–H groups in total. The van der Waals surface area contributed by atoms with Gasteiger partial charge in [-0.05, 0) is 37.1 Å². The molecular formula is C14H17F3N2O4S. The fourth-order valence-corrected chi connectivity index (χ4v) is 4.17. The summed E-state index contributed by atoms with van der Waals surface area (Å²) in [5, 5.41) is 0. The standard InChI is InChI=1S/C14H17F3N2O4S/c1-18(2)13(20)12-4-3-9-19(12)24(21,22)11-7-5-10(6-8-11)23-14(15,16)17/h5-8,12H,3-4,9H2,1-2H3/t12-/m1/s1. The van der Waals surface area contributed by atoms with Gasteiger partial charge in [-0.1, -0.05) is 0 Å². The molecule has 24 heavy (non-hydrogen) atoms. The lowest BCUT2D eigenvalue weighted by atomic mass is 10.2. The van der Waals surface area contributed by atoms with Crippen molar-refractivity contribution in [1.82, 2.24) is 9.21 Å². The van der Waals surface area contributed by atoms with E-state index in [0.29, 0.717) is 12.8 Å². The number of hydrogen-bond donors (Lipinski definition) is 0. The van der Waals surface area contributed by atoms with Crippen molar-refractivity contribution in [2.45, 2.75) is 30.1 Å². The van der Waals surface area contributed by atoms with E-state index in [-0.39, 0.29) is 17.3 Å². The smallest absolute Gasteiger partial charge is 0.406 e. The molecule has 1 aliphatic rings. The Morgan fingerprint density at radius 3 is 2.33 bits per heavy atom. The van der Waals surface area contributed by atoms with Crippen LogP contribution in [0.2, 0.25) is 0 Å². The first-order valence-electron chi connectivity index (χ1n) is 7.11. The van der Waals surface area contributed by atoms with E-state index in [9.17, 15) is 26.4 Å². The molecule has 1 aromatic rings. The number of sulfonamides is 1. The predicted octanol–water partition coefficient (Wildman–Crippen LogP) is 1.83. The third-order valence-electron chi connectivity index (χ3n) is 3.59. The molecule has 0 bridgehead atoms. The number of hydrogen-bond acceptors (Lipinski definition) is 4. The lowest BCUT2D eigenvalue weighted by molar-refractivity contribution is -0.274. The highest BCUT2D eigenvalue weighted by molar-refractivity contribution is 7.89. The van der Waals surface area contributed by atoms with Gasteiger partial charge in [0.25, 0.3) is 0 Å². The van der Waals surface area contributed by atoms with Gasteiger partial charge in [0.1, 0.15) is 11.8 Å². The number of nitrogens with zero attached hydrogens (tertiary/aromatic N) is 2. The van der Waals surface area contributed by atoms with Crippen LogP contribution in [-0.2, 0) is 14.8 Å². The number of rotatable bonds is 4. The minimum atomic E-state index is -4.85. The van der Waals surface area contributed by atoms with E-state index in [0.717, 1.165) is 28.6 Å². The first-order valence-corrected chi connectivity index (χ1v) is 8.55. The van der Waals surface area contributed by atoms with Crippen LogP contribution in [0.3, 0.4) is 0 Å². The minimum Gasteiger partial charge on any atom is -0.406 e. The summed E-state index contributed by atoms with van der Waals surface area (Å²) in [6.07, 6.45) is -3.90. The summed E-state index contributed by atoms with van der Waals surface area (Å²) in [6.45, 7) is 0.188. The second kappa shape index (κ2) is 6.60. The van der Waals surface area contributed by atoms with Crippen LogP contribution in [-0.4, -0.2) is 56.6 Å². The molecule has 1 saturated heterocycles. The molecule has 1 aromatic carbocycles. The summed E-state index contributed by atoms with van der Waals surface area (Å²) < 4.78 is 66.6. The Labute approximate surface area is 137 Å². The van der Waals surface area contributed by atoms with Crippen molar-refractivity contribution in [1.29, 1.82) is 0 Å². The number of halogens is 3. The van der Waals surface area contributed by atoms with Gasteiger partial charge in [-0.25, -0.2) is 8.42 Å². The highest BCUT2D eigenvalue weighted by atomic mass is 32.2. The maximum atomic E-state index is 12.7. The van der Waals surface area contributed by atoms with Crippen LogP contribution in [0.1, 0.15) is 12.8 Å². The van der Waals surface area contributed by atoms with Gasteiger partial charge in [0.2, 0.25) is 15.9 Å². The quantitative estimate of drug-likeness (QED) is 0.815. The van der Waals surface area contributed by atoms with E-state index >= 15 is 0 Å². The van der Waals surface area contributed by atoms with Crippen LogP contribution in [0.5, 0.6) is 5.75 Å². The van der Waals surface area contributed by atoms with Crippen molar-refractivity contribution in [3.8, 4) is 5.75 Å². The average molecular weight is 366 g/mol. The van der Waals surface area contributed by atoms with Gasteiger partial charge in [-0.15, -0.1) is 13.2 Å². The lowest BCUT2D eigenvalue weighted by Gasteiger charge is -2.25. The average Bonchev–Trinajstić information content (AvgIpc) is 2.95. The van der Waals surface area contributed by atoms with E-state index in [1.165, 1.54) is 19.0 Å². The van der Waals surface area contributed by atoms with Gasteiger partial charge in [0, 0.05) is 20.6 Å². The molecule has 1 fully saturated rings. The topological polar surface area (TPSA) is 66.9 Å². The third-order valence-corrected chi connectivity index (χ3v) is 5.52. The number of amides is 1. The van der Waals surface area contributed by atoms with Gasteiger partial charge in [-0.3, -0.25) is 4.79 Å². The third kappa shape index (κ3) is 3.99. The predicted molar refractivity (Wildman–Crippen MR) is 78.7 cm³/mol. The molecule has 0 radical (unpaired) electrons. The Kier molecular flexibility index (Phi) is 5.09. The van der Waals surface area contributed by atoms with Crippen molar-refractivity contribution in [3.63, 3.8) is 0 Å². The molecule has 1 aliphatic heterocycles. The molecule has 0 aliphatic carbocycles. The van der Waals surface area contributed by atoms with E-state index in [4.69, 9.17) is 0 Å². The summed E-state index contributed by atoms with van der Waals surface area (Å²) in [7, 11) is -0.905. The second-order valence-corrected chi connectivity index (χ2v) is 7.42. The Morgan fingerprint density at radius 1 is 1.25 bits per heavy atom. The molecule has 6 nitrogen and oxygen atoms in total. The lowest BCUT2D eigenvalue weighted by Crippen LogP contribution is -2.45. The molecule has 0 saturated carbocycles. The molecule has 10 heteroatoms. The zero-order valence-corrected chi connectivity index (χ0v) is 13.9. The van der Waals surface area contributed by atoms with Gasteiger partial charge >= 0.3 is 6.36 Å². The largest absolute Gasteiger partial charge is 0.573 e. The summed E-state index contributed by atoms with van der Waals surface area (Å²) in [5.41, 5.74) is 0. The van der Waals surface area contributed by atoms with Gasteiger partial charge in [0.05, 0.1) is 4.90 Å². The summed E-state index contributed by atoms with van der Waals surface area (Å²) in [5.74, 6) is -0.836. The molecule has 1 amide bonds. The molecule has 0 unspecified atom stereocenters. The summed E-state index contributed by atoms with van der Waals surface area (Å²) in [6, 6.07) is 3.13. The van der Waals surface area contributed by atoms with Crippen LogP contribution in [0.15, 0.2) is 29.2 Å². The summed E-state index contributed by atoms with van der Waals surface area (Å²) in [4.78, 5) is 13.3. The highest BCUT2D eigenvalue weighted by Gasteiger charge is 2.40. The molecule has 1 atom stereocenters. The Bertz CT molecular complexity index is 702. The number of benzene rings is 1. The van der Waals surface area contributed by atoms with Crippen LogP contribution < -0.4 is 4.74 Å². The van der Waals surface area contributed by atoms with Crippen LogP contribution in [0, 0.1) is 0 Å². The molecule has 1 heterocycles. The van der Waals surface area contributed by atoms with Crippen molar-refractivity contribution in [2.75, 3.05) is 20.6 Å². The minimum absolute atomic E-state index is 0.185. The number of likely N-dealkylation sites (N-methyl/N-ethyl adjacent to an activating group) is 1. The zero-order chi connectivity index (χ0) is 18.1. The number of alkyl halides is 3. The second-order valence-electron chi connectivity index (χ2n) is 5.53. The first-order chi connectivity index (χ1) is 11.0. The SMILES string of the molecule is CN(C)C(=O)[C@H]1CCCN1S(=O)(=O)c1ccc(OC(F)(F)F)cc1. The molecule has 134 valence electrons. The Hall–Kier alpha value is -1.81. The molecular weight excluding hydrogens is 349 g/mol. The number of carbonyl (C=O) groups is 1. The summed E-state index contributed by atoms with van der Waals surface area (Å²) >= 11 is 0. The highest BCUT2D eigenvalue weighted by Crippen LogP contribution is 2.29. The first kappa shape index (κ1) is 18.5. The van der Waals surface area contributed by atoms with Crippen LogP contribution in [0.25, 0.3) is 0 Å². The Morgan fingerprint density at radius 2 is 1.83 bits per heavy atom. The normalized spacial score (nSPS) is 19.3. The van der Waals surface area contributed by atoms with E-state index < -0.39 is 28.2 Å². The van der Waals surface area contributed by atoms with Crippen molar-refractivity contribution in [3.05, 3.63) is 24.3 Å². The molecule has 0 aromatic heterocycles. The monoisotopic (exact) mass is 366 g/mol. The van der Waals surface area contributed by atoms with E-state index in [2.05, 4.69) is 4.74 Å². The van der Waals surface area contributed by atoms with Crippen molar-refractivity contribution in [2.24, 2.45) is 0 Å². The van der Waals surface area contributed by atoms with Gasteiger partial charge in [-0.2, -0.15) is 4.31 Å². The van der Waals surface area contributed by atoms with Gasteiger partial charge < -0.3 is 9.64 Å². The number of carbonyl (C=O) groups excluding carboxylic acids is 1. The maximum Gasteiger partial charge on any atom is 0.573 e. The fourth-order valence-electron chi connectivity index (χ4n) is 2.52. The maximum absolute atomic E-state index is 12.7. The van der Waals surface area contributed by atoms with Crippen LogP contribution >= 0.6 is 0 Å². The van der Waals surface area contributed by atoms with Crippen molar-refractivity contribution < 1.29 is 31.1 Å². The van der Waals surface area contributed by atoms with Crippen molar-refractivity contribution >= 4 is 15.9 Å². The van der Waals surface area contributed by atoms with Crippen LogP contribution in [0.4, 0.5) is 13.2 Å². The zero-order valence-electron chi connectivity index (χ0n) is 13.1. The molecule has 2 rings (SSSR count).